The van der Waals surface area contributed by atoms with E-state index in [0.717, 1.165) is 57.8 Å². The lowest BCUT2D eigenvalue weighted by Gasteiger charge is -2.40. The van der Waals surface area contributed by atoms with Gasteiger partial charge in [0.05, 0.1) is 25.4 Å². The summed E-state index contributed by atoms with van der Waals surface area (Å²) < 4.78 is 10.9. The third-order valence-electron chi connectivity index (χ3n) is 8.32. The molecule has 0 spiro atoms. The Hall–Kier alpha value is -1.15. The molecule has 0 radical (unpaired) electrons. The standard InChI is InChI=1S/C33H63NO10/c1-3-5-7-9-11-12-13-15-17-19-21-26(37)32(42)34-24(28(38)25(36)20-18-16-14-10-8-6-4-2)23-43-33-31(41)30(40)29(39)27(22-35)44-33/h9,11,24-31,33,35-41H,3-8,10,12-23H2,1-2H3,(H,34,42)/b11-9-. The summed E-state index contributed by atoms with van der Waals surface area (Å²) in [6, 6.07) is -1.16. The third-order valence-corrected chi connectivity index (χ3v) is 8.32. The third kappa shape index (κ3) is 16.4. The molecule has 0 aliphatic carbocycles. The highest BCUT2D eigenvalue weighted by molar-refractivity contribution is 5.80. The molecule has 8 N–H and O–H groups in total. The number of unbranched alkanes of at least 4 members (excludes halogenated alkanes) is 12. The van der Waals surface area contributed by atoms with E-state index in [4.69, 9.17) is 9.47 Å². The zero-order chi connectivity index (χ0) is 32.7. The number of nitrogens with one attached hydrogen (secondary N) is 1. The Kier molecular flexibility index (Phi) is 23.2. The molecule has 260 valence electrons. The maximum Gasteiger partial charge on any atom is 0.249 e. The van der Waals surface area contributed by atoms with Crippen LogP contribution in [0.2, 0.25) is 0 Å². The van der Waals surface area contributed by atoms with Gasteiger partial charge in [0.25, 0.3) is 0 Å². The number of rotatable bonds is 26. The summed E-state index contributed by atoms with van der Waals surface area (Å²) in [7, 11) is 0. The SMILES string of the molecule is CCCC/C=C\CCCCCCC(O)C(=O)NC(COC1OC(CO)C(O)C(O)C1O)C(O)C(O)CCCCCCCCC. The van der Waals surface area contributed by atoms with Gasteiger partial charge in [-0.2, -0.15) is 0 Å². The first-order valence-electron chi connectivity index (χ1n) is 17.1. The minimum absolute atomic E-state index is 0.245. The van der Waals surface area contributed by atoms with Gasteiger partial charge in [0.1, 0.15) is 36.6 Å². The summed E-state index contributed by atoms with van der Waals surface area (Å²) in [5.41, 5.74) is 0. The van der Waals surface area contributed by atoms with Gasteiger partial charge in [-0.3, -0.25) is 4.79 Å². The number of carbonyl (C=O) groups is 1. The summed E-state index contributed by atoms with van der Waals surface area (Å²) in [6.07, 6.45) is 8.87. The molecule has 0 bridgehead atoms. The normalized spacial score (nSPS) is 25.2. The topological polar surface area (TPSA) is 189 Å². The summed E-state index contributed by atoms with van der Waals surface area (Å²) in [6.45, 7) is 3.27. The highest BCUT2D eigenvalue weighted by Crippen LogP contribution is 2.23. The molecule has 9 unspecified atom stereocenters. The number of amides is 1. The van der Waals surface area contributed by atoms with Crippen LogP contribution in [0, 0.1) is 0 Å². The van der Waals surface area contributed by atoms with Crippen molar-refractivity contribution in [2.75, 3.05) is 13.2 Å². The molecule has 9 atom stereocenters. The molecule has 1 saturated heterocycles. The second-order valence-electron chi connectivity index (χ2n) is 12.2. The van der Waals surface area contributed by atoms with E-state index in [1.165, 1.54) is 25.7 Å². The van der Waals surface area contributed by atoms with Crippen LogP contribution in [0.15, 0.2) is 12.2 Å². The number of carbonyl (C=O) groups excluding carboxylic acids is 1. The zero-order valence-electron chi connectivity index (χ0n) is 27.1. The number of ether oxygens (including phenoxy) is 2. The molecule has 11 heteroatoms. The van der Waals surface area contributed by atoms with Crippen LogP contribution in [0.3, 0.4) is 0 Å². The predicted molar refractivity (Wildman–Crippen MR) is 169 cm³/mol. The van der Waals surface area contributed by atoms with Crippen molar-refractivity contribution >= 4 is 5.91 Å². The summed E-state index contributed by atoms with van der Waals surface area (Å²) in [5, 5.41) is 74.6. The van der Waals surface area contributed by atoms with Crippen LogP contribution in [0.1, 0.15) is 123 Å². The molecule has 1 fully saturated rings. The van der Waals surface area contributed by atoms with E-state index in [2.05, 4.69) is 31.3 Å². The fourth-order valence-corrected chi connectivity index (χ4v) is 5.30. The minimum Gasteiger partial charge on any atom is -0.394 e. The maximum absolute atomic E-state index is 12.9. The van der Waals surface area contributed by atoms with Gasteiger partial charge in [-0.15, -0.1) is 0 Å². The first-order chi connectivity index (χ1) is 21.2. The second kappa shape index (κ2) is 25.0. The molecule has 1 amide bonds. The average Bonchev–Trinajstić information content (AvgIpc) is 3.02. The van der Waals surface area contributed by atoms with Gasteiger partial charge in [0.2, 0.25) is 5.91 Å². The van der Waals surface area contributed by atoms with Gasteiger partial charge >= 0.3 is 0 Å². The van der Waals surface area contributed by atoms with E-state index < -0.39 is 74.2 Å². The fraction of sp³-hybridized carbons (Fsp3) is 0.909. The molecular weight excluding hydrogens is 570 g/mol. The largest absolute Gasteiger partial charge is 0.394 e. The first kappa shape index (κ1) is 40.9. The van der Waals surface area contributed by atoms with E-state index in [0.29, 0.717) is 19.3 Å². The molecular formula is C33H63NO10. The Labute approximate surface area is 264 Å². The van der Waals surface area contributed by atoms with Crippen molar-refractivity contribution in [1.82, 2.24) is 5.32 Å². The number of hydrogen-bond donors (Lipinski definition) is 8. The van der Waals surface area contributed by atoms with Crippen molar-refractivity contribution in [3.05, 3.63) is 12.2 Å². The highest BCUT2D eigenvalue weighted by Gasteiger charge is 2.44. The quantitative estimate of drug-likeness (QED) is 0.0519. The van der Waals surface area contributed by atoms with E-state index in [1.807, 2.05) is 0 Å². The highest BCUT2D eigenvalue weighted by atomic mass is 16.7. The van der Waals surface area contributed by atoms with Crippen molar-refractivity contribution in [1.29, 1.82) is 0 Å². The Morgan fingerprint density at radius 3 is 1.98 bits per heavy atom. The van der Waals surface area contributed by atoms with Crippen LogP contribution in [0.5, 0.6) is 0 Å². The van der Waals surface area contributed by atoms with E-state index >= 15 is 0 Å². The molecule has 1 rings (SSSR count). The van der Waals surface area contributed by atoms with E-state index in [9.17, 15) is 40.5 Å². The first-order valence-corrected chi connectivity index (χ1v) is 17.1. The van der Waals surface area contributed by atoms with E-state index in [-0.39, 0.29) is 6.42 Å². The number of aliphatic hydroxyl groups excluding tert-OH is 7. The van der Waals surface area contributed by atoms with Crippen LogP contribution < -0.4 is 5.32 Å². The predicted octanol–water partition coefficient (Wildman–Crippen LogP) is 2.60. The Bertz CT molecular complexity index is 739. The van der Waals surface area contributed by atoms with Crippen LogP contribution in [0.25, 0.3) is 0 Å². The maximum atomic E-state index is 12.9. The molecule has 1 aliphatic heterocycles. The van der Waals surface area contributed by atoms with Crippen molar-refractivity contribution < 1.29 is 50.0 Å². The van der Waals surface area contributed by atoms with Gasteiger partial charge < -0.3 is 50.5 Å². The number of aliphatic hydroxyl groups is 7. The average molecular weight is 634 g/mol. The van der Waals surface area contributed by atoms with Gasteiger partial charge in [-0.1, -0.05) is 103 Å². The molecule has 0 saturated carbocycles. The summed E-state index contributed by atoms with van der Waals surface area (Å²) in [4.78, 5) is 12.9. The molecule has 44 heavy (non-hydrogen) atoms. The monoisotopic (exact) mass is 633 g/mol. The molecule has 0 aromatic rings. The van der Waals surface area contributed by atoms with Crippen molar-refractivity contribution in [2.45, 2.75) is 178 Å². The number of allylic oxidation sites excluding steroid dienone is 2. The minimum atomic E-state index is -1.66. The van der Waals surface area contributed by atoms with Crippen LogP contribution in [-0.2, 0) is 14.3 Å². The lowest BCUT2D eigenvalue weighted by atomic mass is 9.98. The van der Waals surface area contributed by atoms with Gasteiger partial charge in [0.15, 0.2) is 6.29 Å². The van der Waals surface area contributed by atoms with Gasteiger partial charge in [-0.25, -0.2) is 0 Å². The lowest BCUT2D eigenvalue weighted by Crippen LogP contribution is -2.60. The Morgan fingerprint density at radius 2 is 1.34 bits per heavy atom. The van der Waals surface area contributed by atoms with Crippen LogP contribution >= 0.6 is 0 Å². The summed E-state index contributed by atoms with van der Waals surface area (Å²) >= 11 is 0. The molecule has 11 nitrogen and oxygen atoms in total. The Morgan fingerprint density at radius 1 is 0.773 bits per heavy atom. The number of hydrogen-bond acceptors (Lipinski definition) is 10. The van der Waals surface area contributed by atoms with Gasteiger partial charge in [-0.05, 0) is 32.1 Å². The van der Waals surface area contributed by atoms with Crippen molar-refractivity contribution in [2.24, 2.45) is 0 Å². The molecule has 1 heterocycles. The van der Waals surface area contributed by atoms with Crippen molar-refractivity contribution in [3.63, 3.8) is 0 Å². The molecule has 0 aromatic carbocycles. The fourth-order valence-electron chi connectivity index (χ4n) is 5.30. The molecule has 0 aromatic heterocycles. The van der Waals surface area contributed by atoms with Crippen LogP contribution in [0.4, 0.5) is 0 Å². The smallest absolute Gasteiger partial charge is 0.249 e. The zero-order valence-corrected chi connectivity index (χ0v) is 27.1. The van der Waals surface area contributed by atoms with Crippen LogP contribution in [-0.4, -0.2) is 110 Å². The van der Waals surface area contributed by atoms with Crippen molar-refractivity contribution in [3.8, 4) is 0 Å². The Balaban J connectivity index is 2.66. The molecule has 1 aliphatic rings. The van der Waals surface area contributed by atoms with Gasteiger partial charge in [0, 0.05) is 0 Å². The van der Waals surface area contributed by atoms with E-state index in [1.54, 1.807) is 0 Å². The lowest BCUT2D eigenvalue weighted by molar-refractivity contribution is -0.303. The second-order valence-corrected chi connectivity index (χ2v) is 12.2. The summed E-state index contributed by atoms with van der Waals surface area (Å²) in [5.74, 6) is -0.714.